The number of H-pyrrole nitrogens is 1. The van der Waals surface area contributed by atoms with E-state index in [1.54, 1.807) is 19.1 Å². The van der Waals surface area contributed by atoms with Crippen LogP contribution in [0.25, 0.3) is 11.6 Å². The third kappa shape index (κ3) is 4.55. The van der Waals surface area contributed by atoms with E-state index in [1.807, 2.05) is 19.0 Å². The molecule has 166 valence electrons. The smallest absolute Gasteiger partial charge is 0.337 e. The van der Waals surface area contributed by atoms with Crippen molar-refractivity contribution in [3.05, 3.63) is 46.3 Å². The summed E-state index contributed by atoms with van der Waals surface area (Å²) in [6.07, 6.45) is 2.86. The van der Waals surface area contributed by atoms with Crippen molar-refractivity contribution in [3.8, 4) is 0 Å². The van der Waals surface area contributed by atoms with Gasteiger partial charge in [-0.2, -0.15) is 0 Å². The summed E-state index contributed by atoms with van der Waals surface area (Å²) in [5.41, 5.74) is 3.09. The van der Waals surface area contributed by atoms with Crippen LogP contribution >= 0.6 is 0 Å². The fourth-order valence-corrected chi connectivity index (χ4v) is 4.44. The number of carbonyl (C=O) groups is 2. The number of carbonyl (C=O) groups excluding carboxylic acids is 1. The van der Waals surface area contributed by atoms with Gasteiger partial charge in [-0.3, -0.25) is 4.79 Å². The highest BCUT2D eigenvalue weighted by molar-refractivity contribution is 7.89. The van der Waals surface area contributed by atoms with Gasteiger partial charge in [0.1, 0.15) is 0 Å². The minimum absolute atomic E-state index is 0.0382. The van der Waals surface area contributed by atoms with Crippen LogP contribution in [0.2, 0.25) is 0 Å². The van der Waals surface area contributed by atoms with Gasteiger partial charge in [-0.15, -0.1) is 0 Å². The second-order valence-electron chi connectivity index (χ2n) is 7.66. The molecule has 2 heterocycles. The highest BCUT2D eigenvalue weighted by atomic mass is 32.2. The van der Waals surface area contributed by atoms with Crippen LogP contribution in [0.5, 0.6) is 0 Å². The number of anilines is 1. The first-order chi connectivity index (χ1) is 14.5. The van der Waals surface area contributed by atoms with E-state index in [2.05, 4.69) is 15.0 Å². The van der Waals surface area contributed by atoms with Crippen molar-refractivity contribution in [1.29, 1.82) is 0 Å². The van der Waals surface area contributed by atoms with E-state index >= 15 is 0 Å². The quantitative estimate of drug-likeness (QED) is 0.458. The number of aromatic carboxylic acids is 1. The van der Waals surface area contributed by atoms with Crippen molar-refractivity contribution in [3.63, 3.8) is 0 Å². The van der Waals surface area contributed by atoms with Gasteiger partial charge in [-0.1, -0.05) is 0 Å². The summed E-state index contributed by atoms with van der Waals surface area (Å²) in [6.45, 7) is 2.47. The molecule has 0 bridgehead atoms. The topological polar surface area (TPSA) is 132 Å². The largest absolute Gasteiger partial charge is 0.478 e. The molecule has 0 unspecified atom stereocenters. The average molecular weight is 447 g/mol. The van der Waals surface area contributed by atoms with Gasteiger partial charge in [0.25, 0.3) is 5.91 Å². The monoisotopic (exact) mass is 446 g/mol. The Hall–Kier alpha value is -2.95. The fraction of sp³-hybridized carbons (Fsp3) is 0.333. The Bertz CT molecular complexity index is 1180. The van der Waals surface area contributed by atoms with Gasteiger partial charge in [-0.25, -0.2) is 17.9 Å². The number of rotatable bonds is 8. The second-order valence-corrected chi connectivity index (χ2v) is 9.54. The molecule has 1 amide bonds. The van der Waals surface area contributed by atoms with Gasteiger partial charge >= 0.3 is 5.97 Å². The number of sulfonamides is 1. The number of carboxylic acid groups (broad SMARTS) is 1. The average Bonchev–Trinajstić information content (AvgIpc) is 3.17. The SMILES string of the molecule is CNS(=O)(=O)c1ccc2c(c1)C(=Cc1[nH]c(C)c(C(=O)O)c1CCCN(C)C)C(=O)N2. The maximum Gasteiger partial charge on any atom is 0.337 e. The summed E-state index contributed by atoms with van der Waals surface area (Å²) >= 11 is 0. The lowest BCUT2D eigenvalue weighted by Gasteiger charge is -2.10. The molecule has 0 saturated heterocycles. The van der Waals surface area contributed by atoms with Crippen LogP contribution < -0.4 is 10.0 Å². The Kier molecular flexibility index (Phi) is 6.35. The lowest BCUT2D eigenvalue weighted by atomic mass is 10.00. The normalized spacial score (nSPS) is 14.9. The molecule has 31 heavy (non-hydrogen) atoms. The van der Waals surface area contributed by atoms with E-state index in [4.69, 9.17) is 0 Å². The maximum absolute atomic E-state index is 12.6. The molecule has 1 aromatic carbocycles. The molecule has 0 aliphatic carbocycles. The molecule has 1 aliphatic rings. The van der Waals surface area contributed by atoms with E-state index in [9.17, 15) is 23.1 Å². The van der Waals surface area contributed by atoms with Gasteiger partial charge in [0.2, 0.25) is 10.0 Å². The molecule has 2 aromatic rings. The number of hydrogen-bond donors (Lipinski definition) is 4. The van der Waals surface area contributed by atoms with Crippen LogP contribution in [-0.2, 0) is 21.2 Å². The molecule has 0 radical (unpaired) electrons. The predicted molar refractivity (Wildman–Crippen MR) is 119 cm³/mol. The molecule has 0 spiro atoms. The predicted octanol–water partition coefficient (Wildman–Crippen LogP) is 1.92. The van der Waals surface area contributed by atoms with Crippen LogP contribution in [0.15, 0.2) is 23.1 Å². The Morgan fingerprint density at radius 2 is 2.00 bits per heavy atom. The summed E-state index contributed by atoms with van der Waals surface area (Å²) in [5.74, 6) is -1.41. The first-order valence-electron chi connectivity index (χ1n) is 9.75. The van der Waals surface area contributed by atoms with Crippen molar-refractivity contribution in [2.75, 3.05) is 33.0 Å². The molecule has 0 atom stereocenters. The Morgan fingerprint density at radius 1 is 1.29 bits per heavy atom. The highest BCUT2D eigenvalue weighted by Crippen LogP contribution is 2.35. The number of carboxylic acids is 1. The number of nitrogens with one attached hydrogen (secondary N) is 3. The first kappa shape index (κ1) is 22.7. The number of amides is 1. The van der Waals surface area contributed by atoms with Crippen molar-refractivity contribution < 1.29 is 23.1 Å². The summed E-state index contributed by atoms with van der Waals surface area (Å²) in [7, 11) is 1.52. The van der Waals surface area contributed by atoms with Crippen LogP contribution in [-0.4, -0.2) is 63.0 Å². The van der Waals surface area contributed by atoms with Gasteiger partial charge in [0.05, 0.1) is 16.0 Å². The lowest BCUT2D eigenvalue weighted by molar-refractivity contribution is -0.110. The standard InChI is InChI=1S/C21H26N4O5S/c1-12-19(21(27)28)14(6-5-9-25(3)4)18(23-12)11-16-15-10-13(31(29,30)22-2)7-8-17(15)24-20(16)26/h7-8,10-11,22-23H,5-6,9H2,1-4H3,(H,24,26)(H,27,28). The number of benzene rings is 1. The third-order valence-electron chi connectivity index (χ3n) is 5.21. The highest BCUT2D eigenvalue weighted by Gasteiger charge is 2.28. The lowest BCUT2D eigenvalue weighted by Crippen LogP contribution is -2.18. The third-order valence-corrected chi connectivity index (χ3v) is 6.62. The summed E-state index contributed by atoms with van der Waals surface area (Å²) < 4.78 is 26.6. The number of fused-ring (bicyclic) bond motifs is 1. The van der Waals surface area contributed by atoms with Gasteiger partial charge in [0, 0.05) is 22.6 Å². The van der Waals surface area contributed by atoms with E-state index < -0.39 is 16.0 Å². The molecule has 10 heteroatoms. The minimum Gasteiger partial charge on any atom is -0.478 e. The van der Waals surface area contributed by atoms with Crippen LogP contribution in [0, 0.1) is 6.92 Å². The van der Waals surface area contributed by atoms with Crippen molar-refractivity contribution in [2.24, 2.45) is 0 Å². The molecule has 1 aliphatic heterocycles. The van der Waals surface area contributed by atoms with E-state index in [-0.39, 0.29) is 21.9 Å². The number of aromatic nitrogens is 1. The van der Waals surface area contributed by atoms with Gasteiger partial charge in [0.15, 0.2) is 0 Å². The molecule has 0 saturated carbocycles. The van der Waals surface area contributed by atoms with Crippen molar-refractivity contribution in [1.82, 2.24) is 14.6 Å². The first-order valence-corrected chi connectivity index (χ1v) is 11.2. The van der Waals surface area contributed by atoms with Crippen LogP contribution in [0.4, 0.5) is 5.69 Å². The van der Waals surface area contributed by atoms with E-state index in [1.165, 1.54) is 19.2 Å². The molecule has 3 rings (SSSR count). The second kappa shape index (κ2) is 8.66. The zero-order chi connectivity index (χ0) is 22.9. The van der Waals surface area contributed by atoms with Crippen molar-refractivity contribution in [2.45, 2.75) is 24.7 Å². The zero-order valence-corrected chi connectivity index (χ0v) is 18.7. The van der Waals surface area contributed by atoms with Crippen LogP contribution in [0.1, 0.15) is 39.3 Å². The van der Waals surface area contributed by atoms with Crippen LogP contribution in [0.3, 0.4) is 0 Å². The fourth-order valence-electron chi connectivity index (χ4n) is 3.69. The summed E-state index contributed by atoms with van der Waals surface area (Å²) in [4.78, 5) is 29.6. The molecule has 0 fully saturated rings. The molecule has 1 aromatic heterocycles. The zero-order valence-electron chi connectivity index (χ0n) is 17.9. The van der Waals surface area contributed by atoms with Gasteiger partial charge < -0.3 is 20.3 Å². The molecule has 4 N–H and O–H groups in total. The molecule has 9 nitrogen and oxygen atoms in total. The van der Waals surface area contributed by atoms with E-state index in [0.29, 0.717) is 34.6 Å². The summed E-state index contributed by atoms with van der Waals surface area (Å²) in [6, 6.07) is 4.39. The molecular weight excluding hydrogens is 420 g/mol. The van der Waals surface area contributed by atoms with Gasteiger partial charge in [-0.05, 0) is 77.3 Å². The Morgan fingerprint density at radius 3 is 2.61 bits per heavy atom. The summed E-state index contributed by atoms with van der Waals surface area (Å²) in [5, 5.41) is 12.4. The number of aryl methyl sites for hydroxylation is 1. The minimum atomic E-state index is -3.68. The Balaban J connectivity index is 2.10. The van der Waals surface area contributed by atoms with Crippen molar-refractivity contribution >= 4 is 39.2 Å². The maximum atomic E-state index is 12.6. The number of aromatic amines is 1. The Labute approximate surface area is 181 Å². The number of nitrogens with zero attached hydrogens (tertiary/aromatic N) is 1. The van der Waals surface area contributed by atoms with E-state index in [0.717, 1.165) is 13.0 Å². The molecular formula is C21H26N4O5S. The number of hydrogen-bond acceptors (Lipinski definition) is 5.